The van der Waals surface area contributed by atoms with E-state index in [1.165, 1.54) is 0 Å². The number of hydrogen-bond donors (Lipinski definition) is 1. The molecule has 0 saturated carbocycles. The van der Waals surface area contributed by atoms with Crippen molar-refractivity contribution in [3.8, 4) is 11.5 Å². The van der Waals surface area contributed by atoms with Crippen LogP contribution in [0.15, 0.2) is 24.3 Å². The van der Waals surface area contributed by atoms with Crippen LogP contribution in [0.5, 0.6) is 11.5 Å². The Hall–Kier alpha value is -1.26. The lowest BCUT2D eigenvalue weighted by atomic mass is 10.0. The molecule has 0 bridgehead atoms. The van der Waals surface area contributed by atoms with E-state index in [0.29, 0.717) is 19.1 Å². The van der Waals surface area contributed by atoms with E-state index in [4.69, 9.17) is 14.6 Å². The molecule has 4 heteroatoms. The highest BCUT2D eigenvalue weighted by atomic mass is 16.5. The zero-order valence-corrected chi connectivity index (χ0v) is 10.1. The van der Waals surface area contributed by atoms with Gasteiger partial charge in [-0.25, -0.2) is 0 Å². The molecular weight excluding hydrogens is 218 g/mol. The summed E-state index contributed by atoms with van der Waals surface area (Å²) >= 11 is 0. The van der Waals surface area contributed by atoms with Gasteiger partial charge in [0.25, 0.3) is 0 Å². The summed E-state index contributed by atoms with van der Waals surface area (Å²) in [6.45, 7) is 3.88. The van der Waals surface area contributed by atoms with Gasteiger partial charge in [-0.3, -0.25) is 4.90 Å². The van der Waals surface area contributed by atoms with Gasteiger partial charge in [-0.1, -0.05) is 0 Å². The summed E-state index contributed by atoms with van der Waals surface area (Å²) < 4.78 is 10.7. The van der Waals surface area contributed by atoms with E-state index in [1.54, 1.807) is 7.11 Å². The zero-order valence-electron chi connectivity index (χ0n) is 10.1. The average Bonchev–Trinajstić information content (AvgIpc) is 2.33. The highest BCUT2D eigenvalue weighted by molar-refractivity contribution is 5.31. The second kappa shape index (κ2) is 5.89. The number of nitrogens with zero attached hydrogens (tertiary/aromatic N) is 1. The van der Waals surface area contributed by atoms with Crippen LogP contribution in [-0.4, -0.2) is 50.0 Å². The van der Waals surface area contributed by atoms with Crippen LogP contribution in [0.4, 0.5) is 0 Å². The third-order valence-corrected chi connectivity index (χ3v) is 3.03. The number of likely N-dealkylation sites (tertiary alicyclic amines) is 1. The van der Waals surface area contributed by atoms with Gasteiger partial charge in [0.1, 0.15) is 18.1 Å². The Bertz CT molecular complexity index is 333. The van der Waals surface area contributed by atoms with Gasteiger partial charge in [-0.15, -0.1) is 0 Å². The maximum Gasteiger partial charge on any atom is 0.119 e. The molecule has 0 unspecified atom stereocenters. The Kier molecular flexibility index (Phi) is 4.23. The van der Waals surface area contributed by atoms with Gasteiger partial charge in [0.15, 0.2) is 0 Å². The molecule has 0 aromatic heterocycles. The first-order valence-corrected chi connectivity index (χ1v) is 5.92. The van der Waals surface area contributed by atoms with E-state index >= 15 is 0 Å². The normalized spacial score (nSPS) is 16.6. The van der Waals surface area contributed by atoms with Gasteiger partial charge < -0.3 is 14.6 Å². The first kappa shape index (κ1) is 12.2. The Morgan fingerprint density at radius 2 is 1.88 bits per heavy atom. The molecule has 0 aliphatic carbocycles. The Balaban J connectivity index is 1.64. The van der Waals surface area contributed by atoms with Gasteiger partial charge in [-0.05, 0) is 24.3 Å². The Morgan fingerprint density at radius 3 is 2.47 bits per heavy atom. The van der Waals surface area contributed by atoms with E-state index in [1.807, 2.05) is 24.3 Å². The monoisotopic (exact) mass is 237 g/mol. The lowest BCUT2D eigenvalue weighted by molar-refractivity contribution is 0.0439. The number of aliphatic hydroxyl groups excluding tert-OH is 1. The third-order valence-electron chi connectivity index (χ3n) is 3.03. The minimum absolute atomic E-state index is 0.301. The van der Waals surface area contributed by atoms with Crippen molar-refractivity contribution in [3.05, 3.63) is 24.3 Å². The fourth-order valence-corrected chi connectivity index (χ4v) is 1.94. The number of hydrogen-bond acceptors (Lipinski definition) is 4. The molecule has 1 saturated heterocycles. The summed E-state index contributed by atoms with van der Waals surface area (Å²) in [4.78, 5) is 2.28. The van der Waals surface area contributed by atoms with Gasteiger partial charge >= 0.3 is 0 Å². The summed E-state index contributed by atoms with van der Waals surface area (Å²) in [5.41, 5.74) is 0. The van der Waals surface area contributed by atoms with Crippen molar-refractivity contribution in [2.24, 2.45) is 5.92 Å². The summed E-state index contributed by atoms with van der Waals surface area (Å²) in [7, 11) is 1.65. The highest BCUT2D eigenvalue weighted by Gasteiger charge is 2.24. The SMILES string of the molecule is COc1ccc(OCCN2CC(CO)C2)cc1. The zero-order chi connectivity index (χ0) is 12.1. The minimum atomic E-state index is 0.301. The summed E-state index contributed by atoms with van der Waals surface area (Å²) in [6, 6.07) is 7.60. The number of benzene rings is 1. The number of aliphatic hydroxyl groups is 1. The standard InChI is InChI=1S/C13H19NO3/c1-16-12-2-4-13(5-3-12)17-7-6-14-8-11(9-14)10-15/h2-5,11,15H,6-10H2,1H3. The van der Waals surface area contributed by atoms with E-state index in [0.717, 1.165) is 31.1 Å². The first-order valence-electron chi connectivity index (χ1n) is 5.92. The number of rotatable bonds is 6. The molecule has 17 heavy (non-hydrogen) atoms. The molecule has 4 nitrogen and oxygen atoms in total. The fraction of sp³-hybridized carbons (Fsp3) is 0.538. The molecule has 1 fully saturated rings. The smallest absolute Gasteiger partial charge is 0.119 e. The van der Waals surface area contributed by atoms with Crippen LogP contribution in [0.1, 0.15) is 0 Å². The van der Waals surface area contributed by atoms with E-state index in [2.05, 4.69) is 4.90 Å². The molecule has 0 spiro atoms. The maximum atomic E-state index is 8.89. The van der Waals surface area contributed by atoms with Gasteiger partial charge in [-0.2, -0.15) is 0 Å². The molecule has 1 heterocycles. The van der Waals surface area contributed by atoms with E-state index < -0.39 is 0 Å². The molecule has 1 aromatic carbocycles. The number of ether oxygens (including phenoxy) is 2. The molecule has 1 aliphatic heterocycles. The molecule has 94 valence electrons. The Morgan fingerprint density at radius 1 is 1.24 bits per heavy atom. The first-order chi connectivity index (χ1) is 8.31. The van der Waals surface area contributed by atoms with Crippen molar-refractivity contribution in [2.75, 3.05) is 40.0 Å². The van der Waals surface area contributed by atoms with Crippen molar-refractivity contribution >= 4 is 0 Å². The van der Waals surface area contributed by atoms with Crippen LogP contribution >= 0.6 is 0 Å². The van der Waals surface area contributed by atoms with Crippen LogP contribution in [0.25, 0.3) is 0 Å². The summed E-state index contributed by atoms with van der Waals surface area (Å²) in [6.07, 6.45) is 0. The number of methoxy groups -OCH3 is 1. The molecule has 0 amide bonds. The molecule has 2 rings (SSSR count). The van der Waals surface area contributed by atoms with Gasteiger partial charge in [0, 0.05) is 32.2 Å². The molecular formula is C13H19NO3. The van der Waals surface area contributed by atoms with E-state index in [-0.39, 0.29) is 0 Å². The predicted octanol–water partition coefficient (Wildman–Crippen LogP) is 0.998. The lowest BCUT2D eigenvalue weighted by Crippen LogP contribution is -2.49. The second-order valence-corrected chi connectivity index (χ2v) is 4.33. The predicted molar refractivity (Wildman–Crippen MR) is 65.5 cm³/mol. The van der Waals surface area contributed by atoms with Crippen molar-refractivity contribution in [3.63, 3.8) is 0 Å². The van der Waals surface area contributed by atoms with Crippen LogP contribution in [0.3, 0.4) is 0 Å². The van der Waals surface area contributed by atoms with Gasteiger partial charge in [0.2, 0.25) is 0 Å². The van der Waals surface area contributed by atoms with Crippen LogP contribution in [-0.2, 0) is 0 Å². The molecule has 1 aliphatic rings. The van der Waals surface area contributed by atoms with Crippen LogP contribution in [0.2, 0.25) is 0 Å². The Labute approximate surface area is 102 Å². The highest BCUT2D eigenvalue weighted by Crippen LogP contribution is 2.18. The maximum absolute atomic E-state index is 8.89. The largest absolute Gasteiger partial charge is 0.497 e. The van der Waals surface area contributed by atoms with E-state index in [9.17, 15) is 0 Å². The molecule has 0 atom stereocenters. The molecule has 1 N–H and O–H groups in total. The minimum Gasteiger partial charge on any atom is -0.497 e. The quantitative estimate of drug-likeness (QED) is 0.801. The van der Waals surface area contributed by atoms with Crippen molar-refractivity contribution in [2.45, 2.75) is 0 Å². The van der Waals surface area contributed by atoms with Gasteiger partial charge in [0.05, 0.1) is 7.11 Å². The van der Waals surface area contributed by atoms with Crippen LogP contribution in [0, 0.1) is 5.92 Å². The van der Waals surface area contributed by atoms with Crippen molar-refractivity contribution in [1.82, 2.24) is 4.90 Å². The van der Waals surface area contributed by atoms with Crippen molar-refractivity contribution < 1.29 is 14.6 Å². The second-order valence-electron chi connectivity index (χ2n) is 4.33. The fourth-order valence-electron chi connectivity index (χ4n) is 1.94. The lowest BCUT2D eigenvalue weighted by Gasteiger charge is -2.37. The van der Waals surface area contributed by atoms with Crippen molar-refractivity contribution in [1.29, 1.82) is 0 Å². The average molecular weight is 237 g/mol. The van der Waals surface area contributed by atoms with Crippen LogP contribution < -0.4 is 9.47 Å². The third kappa shape index (κ3) is 3.35. The summed E-state index contributed by atoms with van der Waals surface area (Å²) in [5, 5.41) is 8.89. The molecule has 0 radical (unpaired) electrons. The summed E-state index contributed by atoms with van der Waals surface area (Å²) in [5.74, 6) is 2.17. The molecule has 1 aromatic rings. The topological polar surface area (TPSA) is 41.9 Å².